The van der Waals surface area contributed by atoms with Crippen molar-refractivity contribution in [3.63, 3.8) is 0 Å². The van der Waals surface area contributed by atoms with E-state index in [2.05, 4.69) is 40.5 Å². The Kier molecular flexibility index (Phi) is 6.93. The topological polar surface area (TPSA) is 44.8 Å². The molecule has 5 nitrogen and oxygen atoms in total. The molecule has 3 unspecified atom stereocenters. The van der Waals surface area contributed by atoms with Gasteiger partial charge in [0.05, 0.1) is 13.2 Å². The summed E-state index contributed by atoms with van der Waals surface area (Å²) in [5.74, 6) is 0.982. The molecule has 0 aliphatic carbocycles. The summed E-state index contributed by atoms with van der Waals surface area (Å²) in [6.45, 7) is 7.61. The van der Waals surface area contributed by atoms with Crippen molar-refractivity contribution in [1.82, 2.24) is 15.1 Å². The smallest absolute Gasteiger partial charge is 0.253 e. The first-order chi connectivity index (χ1) is 15.1. The monoisotopic (exact) mass is 421 g/mol. The van der Waals surface area contributed by atoms with Gasteiger partial charge in [0.25, 0.3) is 5.91 Å². The average Bonchev–Trinajstić information content (AvgIpc) is 3.15. The number of carbonyl (C=O) groups is 1. The Bertz CT molecular complexity index is 878. The van der Waals surface area contributed by atoms with Crippen LogP contribution in [0.5, 0.6) is 5.75 Å². The number of nitrogens with zero attached hydrogens (tertiary/aromatic N) is 2. The predicted molar refractivity (Wildman–Crippen MR) is 125 cm³/mol. The lowest BCUT2D eigenvalue weighted by molar-refractivity contribution is 0.0773. The van der Waals surface area contributed by atoms with Crippen molar-refractivity contribution in [2.24, 2.45) is 0 Å². The standard InChI is InChI=1S/C26H35N3O2/c1-4-28(5-2)26(30)20-11-9-19(10-12-20)25(21-7-6-8-24(17-21)31-3)29-16-15-22-13-14-23(18-29)27-22/h6-12,17,22-23,25,27H,4-5,13-16,18H2,1-3H3. The van der Waals surface area contributed by atoms with Crippen LogP contribution in [0.4, 0.5) is 0 Å². The van der Waals surface area contributed by atoms with Crippen molar-refractivity contribution in [2.75, 3.05) is 33.3 Å². The van der Waals surface area contributed by atoms with Crippen LogP contribution in [-0.2, 0) is 0 Å². The van der Waals surface area contributed by atoms with Crippen LogP contribution in [-0.4, -0.2) is 61.1 Å². The second kappa shape index (κ2) is 9.84. The normalized spacial score (nSPS) is 22.0. The molecule has 2 fully saturated rings. The van der Waals surface area contributed by atoms with Crippen LogP contribution in [0, 0.1) is 0 Å². The molecule has 0 aromatic heterocycles. The summed E-state index contributed by atoms with van der Waals surface area (Å²) in [5.41, 5.74) is 3.22. The van der Waals surface area contributed by atoms with Crippen molar-refractivity contribution in [2.45, 2.75) is 51.2 Å². The number of likely N-dealkylation sites (tertiary alicyclic amines) is 1. The van der Waals surface area contributed by atoms with Gasteiger partial charge in [-0.25, -0.2) is 0 Å². The Labute approximate surface area is 186 Å². The zero-order valence-electron chi connectivity index (χ0n) is 19.0. The SMILES string of the molecule is CCN(CC)C(=O)c1ccc(C(c2cccc(OC)c2)N2CCC3CCC(C2)N3)cc1. The van der Waals surface area contributed by atoms with E-state index in [4.69, 9.17) is 4.74 Å². The van der Waals surface area contributed by atoms with Crippen LogP contribution in [0.2, 0.25) is 0 Å². The van der Waals surface area contributed by atoms with E-state index in [1.54, 1.807) is 7.11 Å². The fourth-order valence-corrected chi connectivity index (χ4v) is 5.13. The average molecular weight is 422 g/mol. The van der Waals surface area contributed by atoms with E-state index in [9.17, 15) is 4.79 Å². The molecule has 1 N–H and O–H groups in total. The maximum atomic E-state index is 12.8. The van der Waals surface area contributed by atoms with Gasteiger partial charge >= 0.3 is 0 Å². The van der Waals surface area contributed by atoms with Crippen molar-refractivity contribution >= 4 is 5.91 Å². The number of amides is 1. The highest BCUT2D eigenvalue weighted by Gasteiger charge is 2.33. The molecule has 4 rings (SSSR count). The first kappa shape index (κ1) is 21.8. The minimum atomic E-state index is 0.103. The van der Waals surface area contributed by atoms with Crippen LogP contribution in [0.25, 0.3) is 0 Å². The number of carbonyl (C=O) groups excluding carboxylic acids is 1. The van der Waals surface area contributed by atoms with Gasteiger partial charge in [0.15, 0.2) is 0 Å². The van der Waals surface area contributed by atoms with E-state index in [1.165, 1.54) is 30.4 Å². The van der Waals surface area contributed by atoms with Crippen LogP contribution in [0.3, 0.4) is 0 Å². The van der Waals surface area contributed by atoms with Gasteiger partial charge in [0.1, 0.15) is 5.75 Å². The Morgan fingerprint density at radius 3 is 2.52 bits per heavy atom. The molecule has 2 saturated heterocycles. The molecule has 0 saturated carbocycles. The van der Waals surface area contributed by atoms with E-state index >= 15 is 0 Å². The summed E-state index contributed by atoms with van der Waals surface area (Å²) in [6.07, 6.45) is 3.73. The van der Waals surface area contributed by atoms with Crippen LogP contribution in [0.1, 0.15) is 60.6 Å². The molecule has 3 atom stereocenters. The van der Waals surface area contributed by atoms with Crippen molar-refractivity contribution in [3.8, 4) is 5.75 Å². The molecule has 0 radical (unpaired) electrons. The molecule has 5 heteroatoms. The zero-order valence-corrected chi connectivity index (χ0v) is 19.0. The van der Waals surface area contributed by atoms with E-state index in [-0.39, 0.29) is 11.9 Å². The molecule has 2 heterocycles. The number of methoxy groups -OCH3 is 1. The molecular weight excluding hydrogens is 386 g/mol. The third-order valence-electron chi connectivity index (χ3n) is 6.85. The van der Waals surface area contributed by atoms with Gasteiger partial charge in [0.2, 0.25) is 0 Å². The third-order valence-corrected chi connectivity index (χ3v) is 6.85. The van der Waals surface area contributed by atoms with Gasteiger partial charge in [-0.05, 0) is 68.5 Å². The third kappa shape index (κ3) is 4.78. The van der Waals surface area contributed by atoms with Crippen LogP contribution >= 0.6 is 0 Å². The molecule has 0 spiro atoms. The second-order valence-electron chi connectivity index (χ2n) is 8.70. The predicted octanol–water partition coefficient (Wildman–Crippen LogP) is 4.09. The van der Waals surface area contributed by atoms with Crippen molar-refractivity contribution in [1.29, 1.82) is 0 Å². The number of benzene rings is 2. The Morgan fingerprint density at radius 1 is 1.06 bits per heavy atom. The fraction of sp³-hybridized carbons (Fsp3) is 0.500. The van der Waals surface area contributed by atoms with E-state index in [0.29, 0.717) is 12.1 Å². The van der Waals surface area contributed by atoms with E-state index in [0.717, 1.165) is 37.5 Å². The van der Waals surface area contributed by atoms with Gasteiger partial charge in [-0.15, -0.1) is 0 Å². The Morgan fingerprint density at radius 2 is 1.81 bits per heavy atom. The summed E-state index contributed by atoms with van der Waals surface area (Å²) < 4.78 is 5.52. The van der Waals surface area contributed by atoms with Crippen molar-refractivity contribution in [3.05, 3.63) is 65.2 Å². The Hall–Kier alpha value is -2.37. The highest BCUT2D eigenvalue weighted by atomic mass is 16.5. The maximum Gasteiger partial charge on any atom is 0.253 e. The lowest BCUT2D eigenvalue weighted by atomic mass is 9.94. The lowest BCUT2D eigenvalue weighted by Crippen LogP contribution is -2.38. The summed E-state index contributed by atoms with van der Waals surface area (Å²) in [6, 6.07) is 18.0. The molecule has 2 aromatic carbocycles. The van der Waals surface area contributed by atoms with Crippen LogP contribution in [0.15, 0.2) is 48.5 Å². The molecule has 166 valence electrons. The molecule has 2 aromatic rings. The van der Waals surface area contributed by atoms with Gasteiger partial charge in [-0.3, -0.25) is 9.69 Å². The van der Waals surface area contributed by atoms with Gasteiger partial charge in [-0.2, -0.15) is 0 Å². The summed E-state index contributed by atoms with van der Waals surface area (Å²) >= 11 is 0. The maximum absolute atomic E-state index is 12.8. The Balaban J connectivity index is 1.66. The summed E-state index contributed by atoms with van der Waals surface area (Å²) in [5, 5.41) is 3.80. The largest absolute Gasteiger partial charge is 0.497 e. The zero-order chi connectivity index (χ0) is 21.8. The summed E-state index contributed by atoms with van der Waals surface area (Å²) in [7, 11) is 1.72. The molecule has 2 bridgehead atoms. The van der Waals surface area contributed by atoms with Crippen LogP contribution < -0.4 is 10.1 Å². The minimum Gasteiger partial charge on any atom is -0.497 e. The lowest BCUT2D eigenvalue weighted by Gasteiger charge is -2.34. The van der Waals surface area contributed by atoms with Crippen molar-refractivity contribution < 1.29 is 9.53 Å². The highest BCUT2D eigenvalue weighted by Crippen LogP contribution is 2.34. The van der Waals surface area contributed by atoms with Gasteiger partial charge in [0, 0.05) is 43.8 Å². The number of nitrogens with one attached hydrogen (secondary N) is 1. The first-order valence-electron chi connectivity index (χ1n) is 11.7. The minimum absolute atomic E-state index is 0.103. The van der Waals surface area contributed by atoms with Gasteiger partial charge in [-0.1, -0.05) is 24.3 Å². The highest BCUT2D eigenvalue weighted by molar-refractivity contribution is 5.94. The number of hydrogen-bond donors (Lipinski definition) is 1. The van der Waals surface area contributed by atoms with Gasteiger partial charge < -0.3 is 15.0 Å². The first-order valence-corrected chi connectivity index (χ1v) is 11.7. The molecular formula is C26H35N3O2. The fourth-order valence-electron chi connectivity index (χ4n) is 5.13. The second-order valence-corrected chi connectivity index (χ2v) is 8.70. The van der Waals surface area contributed by atoms with E-state index in [1.807, 2.05) is 36.9 Å². The molecule has 31 heavy (non-hydrogen) atoms. The number of rotatable bonds is 7. The number of fused-ring (bicyclic) bond motifs is 2. The summed E-state index contributed by atoms with van der Waals surface area (Å²) in [4.78, 5) is 17.2. The number of ether oxygens (including phenoxy) is 1. The number of hydrogen-bond acceptors (Lipinski definition) is 4. The molecule has 2 aliphatic heterocycles. The molecule has 2 aliphatic rings. The van der Waals surface area contributed by atoms with E-state index < -0.39 is 0 Å². The quantitative estimate of drug-likeness (QED) is 0.731. The molecule has 1 amide bonds.